The fourth-order valence-electron chi connectivity index (χ4n) is 1.75. The van der Waals surface area contributed by atoms with Crippen molar-refractivity contribution in [1.82, 2.24) is 0 Å². The van der Waals surface area contributed by atoms with Gasteiger partial charge in [-0.3, -0.25) is 0 Å². The molecule has 0 spiro atoms. The first kappa shape index (κ1) is 14.0. The minimum atomic E-state index is 0.784. The van der Waals surface area contributed by atoms with Crippen molar-refractivity contribution in [2.45, 2.75) is 45.4 Å². The molecule has 96 valence electrons. The second kappa shape index (κ2) is 9.06. The van der Waals surface area contributed by atoms with Crippen LogP contribution in [0, 0.1) is 0 Å². The van der Waals surface area contributed by atoms with Gasteiger partial charge >= 0.3 is 0 Å². The summed E-state index contributed by atoms with van der Waals surface area (Å²) in [4.78, 5) is 0. The van der Waals surface area contributed by atoms with Crippen LogP contribution >= 0.6 is 0 Å². The predicted molar refractivity (Wildman–Crippen MR) is 73.5 cm³/mol. The highest BCUT2D eigenvalue weighted by atomic mass is 16.5. The number of nitrogens with two attached hydrogens (primary N) is 1. The number of aryl methyl sites for hydroxylation is 1. The van der Waals surface area contributed by atoms with Crippen molar-refractivity contribution < 1.29 is 4.74 Å². The summed E-state index contributed by atoms with van der Waals surface area (Å²) in [5, 5.41) is 0. The van der Waals surface area contributed by atoms with E-state index < -0.39 is 0 Å². The van der Waals surface area contributed by atoms with Crippen LogP contribution in [0.2, 0.25) is 0 Å². The lowest BCUT2D eigenvalue weighted by Crippen LogP contribution is -2.01. The van der Waals surface area contributed by atoms with E-state index in [-0.39, 0.29) is 0 Å². The molecule has 0 saturated heterocycles. The third-order valence-electron chi connectivity index (χ3n) is 2.86. The molecule has 0 bridgehead atoms. The highest BCUT2D eigenvalue weighted by Gasteiger charge is 1.95. The Labute approximate surface area is 105 Å². The van der Waals surface area contributed by atoms with Gasteiger partial charge in [-0.2, -0.15) is 0 Å². The third-order valence-corrected chi connectivity index (χ3v) is 2.86. The van der Waals surface area contributed by atoms with Crippen molar-refractivity contribution in [1.29, 1.82) is 0 Å². The van der Waals surface area contributed by atoms with Gasteiger partial charge < -0.3 is 10.5 Å². The molecule has 0 saturated carbocycles. The van der Waals surface area contributed by atoms with Crippen LogP contribution in [0.15, 0.2) is 24.3 Å². The summed E-state index contributed by atoms with van der Waals surface area (Å²) in [7, 11) is 0. The maximum Gasteiger partial charge on any atom is 0.119 e. The maximum atomic E-state index is 5.67. The Kier molecular flexibility index (Phi) is 7.48. The summed E-state index contributed by atoms with van der Waals surface area (Å²) in [5.74, 6) is 0.984. The van der Waals surface area contributed by atoms with E-state index in [4.69, 9.17) is 10.5 Å². The van der Waals surface area contributed by atoms with Gasteiger partial charge in [0.2, 0.25) is 0 Å². The monoisotopic (exact) mass is 235 g/mol. The summed E-state index contributed by atoms with van der Waals surface area (Å²) >= 11 is 0. The molecular weight excluding hydrogens is 210 g/mol. The van der Waals surface area contributed by atoms with Gasteiger partial charge in [0.05, 0.1) is 6.61 Å². The fraction of sp³-hybridized carbons (Fsp3) is 0.600. The smallest absolute Gasteiger partial charge is 0.119 e. The average molecular weight is 235 g/mol. The molecule has 0 amide bonds. The summed E-state index contributed by atoms with van der Waals surface area (Å²) in [6.07, 6.45) is 7.03. The number of hydrogen-bond acceptors (Lipinski definition) is 2. The topological polar surface area (TPSA) is 35.2 Å². The molecule has 2 heteroatoms. The molecule has 0 aliphatic rings. The van der Waals surface area contributed by atoms with Crippen molar-refractivity contribution in [2.24, 2.45) is 5.73 Å². The van der Waals surface area contributed by atoms with Crippen molar-refractivity contribution in [3.05, 3.63) is 29.8 Å². The van der Waals surface area contributed by atoms with Crippen molar-refractivity contribution in [3.8, 4) is 5.75 Å². The second-order valence-electron chi connectivity index (χ2n) is 4.45. The van der Waals surface area contributed by atoms with E-state index in [1.165, 1.54) is 24.8 Å². The van der Waals surface area contributed by atoms with E-state index in [1.54, 1.807) is 0 Å². The van der Waals surface area contributed by atoms with E-state index in [1.807, 2.05) is 0 Å². The molecule has 0 aliphatic carbocycles. The van der Waals surface area contributed by atoms with Crippen LogP contribution in [0.25, 0.3) is 0 Å². The quantitative estimate of drug-likeness (QED) is 0.664. The van der Waals surface area contributed by atoms with E-state index >= 15 is 0 Å². The molecule has 0 atom stereocenters. The molecule has 0 radical (unpaired) electrons. The third kappa shape index (κ3) is 6.32. The van der Waals surface area contributed by atoms with E-state index in [0.29, 0.717) is 0 Å². The van der Waals surface area contributed by atoms with Gasteiger partial charge in [-0.1, -0.05) is 25.5 Å². The highest BCUT2D eigenvalue weighted by molar-refractivity contribution is 5.27. The molecule has 0 aromatic heterocycles. The minimum absolute atomic E-state index is 0.784. The van der Waals surface area contributed by atoms with Gasteiger partial charge in [-0.25, -0.2) is 0 Å². The molecule has 0 heterocycles. The number of rotatable bonds is 9. The number of hydrogen-bond donors (Lipinski definition) is 1. The van der Waals surface area contributed by atoms with E-state index in [9.17, 15) is 0 Å². The standard InChI is InChI=1S/C15H25NO/c1-2-3-7-14-8-10-15(11-9-14)17-13-6-4-5-12-16/h8-11H,2-7,12-13,16H2,1H3. The first-order valence-corrected chi connectivity index (χ1v) is 6.78. The fourth-order valence-corrected chi connectivity index (χ4v) is 1.75. The van der Waals surface area contributed by atoms with E-state index in [0.717, 1.165) is 38.2 Å². The van der Waals surface area contributed by atoms with Crippen LogP contribution in [-0.2, 0) is 6.42 Å². The molecule has 2 nitrogen and oxygen atoms in total. The largest absolute Gasteiger partial charge is 0.494 e. The zero-order chi connectivity index (χ0) is 12.3. The Morgan fingerprint density at radius 2 is 1.76 bits per heavy atom. The Bertz CT molecular complexity index is 281. The molecule has 1 aromatic rings. The molecule has 1 rings (SSSR count). The molecule has 0 unspecified atom stereocenters. The Hall–Kier alpha value is -1.02. The summed E-state index contributed by atoms with van der Waals surface area (Å²) in [5.41, 5.74) is 6.84. The lowest BCUT2D eigenvalue weighted by Gasteiger charge is -2.07. The first-order chi connectivity index (χ1) is 8.36. The normalized spacial score (nSPS) is 10.5. The summed E-state index contributed by atoms with van der Waals surface area (Å²) in [6.45, 7) is 3.80. The summed E-state index contributed by atoms with van der Waals surface area (Å²) < 4.78 is 5.67. The minimum Gasteiger partial charge on any atom is -0.494 e. The van der Waals surface area contributed by atoms with Crippen molar-refractivity contribution >= 4 is 0 Å². The van der Waals surface area contributed by atoms with Gasteiger partial charge in [0, 0.05) is 0 Å². The molecule has 2 N–H and O–H groups in total. The van der Waals surface area contributed by atoms with Gasteiger partial charge in [-0.15, -0.1) is 0 Å². The second-order valence-corrected chi connectivity index (χ2v) is 4.45. The Morgan fingerprint density at radius 3 is 2.41 bits per heavy atom. The zero-order valence-electron chi connectivity index (χ0n) is 11.0. The van der Waals surface area contributed by atoms with Gasteiger partial charge in [0.25, 0.3) is 0 Å². The lowest BCUT2D eigenvalue weighted by atomic mass is 10.1. The molecule has 0 fully saturated rings. The van der Waals surface area contributed by atoms with Crippen LogP contribution < -0.4 is 10.5 Å². The number of unbranched alkanes of at least 4 members (excludes halogenated alkanes) is 3. The van der Waals surface area contributed by atoms with E-state index in [2.05, 4.69) is 31.2 Å². The van der Waals surface area contributed by atoms with Crippen LogP contribution in [0.4, 0.5) is 0 Å². The zero-order valence-corrected chi connectivity index (χ0v) is 11.0. The predicted octanol–water partition coefficient (Wildman–Crippen LogP) is 3.54. The van der Waals surface area contributed by atoms with Crippen LogP contribution in [-0.4, -0.2) is 13.2 Å². The first-order valence-electron chi connectivity index (χ1n) is 6.78. The molecule has 0 aliphatic heterocycles. The Balaban J connectivity index is 2.20. The lowest BCUT2D eigenvalue weighted by molar-refractivity contribution is 0.305. The van der Waals surface area contributed by atoms with Crippen LogP contribution in [0.3, 0.4) is 0 Å². The summed E-state index contributed by atoms with van der Waals surface area (Å²) in [6, 6.07) is 8.50. The van der Waals surface area contributed by atoms with Crippen molar-refractivity contribution in [2.75, 3.05) is 13.2 Å². The highest BCUT2D eigenvalue weighted by Crippen LogP contribution is 2.14. The number of ether oxygens (including phenoxy) is 1. The van der Waals surface area contributed by atoms with Gasteiger partial charge in [0.1, 0.15) is 5.75 Å². The van der Waals surface area contributed by atoms with Crippen LogP contribution in [0.1, 0.15) is 44.6 Å². The van der Waals surface area contributed by atoms with Gasteiger partial charge in [0.15, 0.2) is 0 Å². The van der Waals surface area contributed by atoms with Gasteiger partial charge in [-0.05, 0) is 56.3 Å². The number of benzene rings is 1. The molecular formula is C15H25NO. The Morgan fingerprint density at radius 1 is 1.00 bits per heavy atom. The maximum absolute atomic E-state index is 5.67. The molecule has 17 heavy (non-hydrogen) atoms. The van der Waals surface area contributed by atoms with Crippen molar-refractivity contribution in [3.63, 3.8) is 0 Å². The SMILES string of the molecule is CCCCc1ccc(OCCCCCN)cc1. The molecule has 1 aromatic carbocycles. The average Bonchev–Trinajstić information content (AvgIpc) is 2.37. The van der Waals surface area contributed by atoms with Crippen LogP contribution in [0.5, 0.6) is 5.75 Å².